The Morgan fingerprint density at radius 1 is 0.561 bits per heavy atom. The quantitative estimate of drug-likeness (QED) is 0.221. The van der Waals surface area contributed by atoms with Crippen molar-refractivity contribution in [3.8, 4) is 33.4 Å². The molecule has 4 aromatic rings. The Hall–Kier alpha value is -2.77. The van der Waals surface area contributed by atoms with Gasteiger partial charge in [-0.15, -0.1) is 9.24 Å². The van der Waals surface area contributed by atoms with Crippen molar-refractivity contribution in [1.29, 1.82) is 0 Å². The van der Waals surface area contributed by atoms with Crippen LogP contribution in [0.4, 0.5) is 0 Å². The number of nitrogens with two attached hydrogens (primary N) is 2. The standard InChI is InChI=1S/C38H45N2P/c39-24-26-10-7-16-30(22-26)32-18-9-19-33(31-17-8-11-27(23-31)25-40)37(32)35-21-20-34(28-12-3-1-4-13-28)36(38(35)41)29-14-5-2-6-15-29/h7-11,16-23,28-29H,1-6,12-15,24-25,39-41H2. The summed E-state index contributed by atoms with van der Waals surface area (Å²) >= 11 is 0. The van der Waals surface area contributed by atoms with Crippen LogP contribution in [0, 0.1) is 0 Å². The lowest BCUT2D eigenvalue weighted by molar-refractivity contribution is 0.420. The molecule has 0 bridgehead atoms. The lowest BCUT2D eigenvalue weighted by atomic mass is 9.74. The molecule has 2 nitrogen and oxygen atoms in total. The highest BCUT2D eigenvalue weighted by Crippen LogP contribution is 2.45. The van der Waals surface area contributed by atoms with E-state index in [0.29, 0.717) is 24.9 Å². The Kier molecular flexibility index (Phi) is 9.01. The molecule has 2 aliphatic carbocycles. The average Bonchev–Trinajstić information content (AvgIpc) is 3.05. The van der Waals surface area contributed by atoms with E-state index in [0.717, 1.165) is 11.1 Å². The summed E-state index contributed by atoms with van der Waals surface area (Å²) in [5, 5.41) is 1.42. The average molecular weight is 561 g/mol. The first-order valence-corrected chi connectivity index (χ1v) is 16.4. The van der Waals surface area contributed by atoms with Crippen LogP contribution < -0.4 is 16.8 Å². The predicted octanol–water partition coefficient (Wildman–Crippen LogP) is 9.20. The van der Waals surface area contributed by atoms with Crippen LogP contribution in [0.2, 0.25) is 0 Å². The van der Waals surface area contributed by atoms with Crippen LogP contribution in [0.15, 0.2) is 78.9 Å². The number of rotatable bonds is 7. The summed E-state index contributed by atoms with van der Waals surface area (Å²) in [5.74, 6) is 1.36. The molecule has 1 unspecified atom stereocenters. The molecule has 0 heterocycles. The van der Waals surface area contributed by atoms with Crippen LogP contribution in [0.5, 0.6) is 0 Å². The second kappa shape index (κ2) is 13.0. The van der Waals surface area contributed by atoms with Crippen molar-refractivity contribution in [2.75, 3.05) is 0 Å². The number of hydrogen-bond acceptors (Lipinski definition) is 2. The van der Waals surface area contributed by atoms with Crippen molar-refractivity contribution in [2.24, 2.45) is 11.5 Å². The normalized spacial score (nSPS) is 16.7. The summed E-state index contributed by atoms with van der Waals surface area (Å²) in [7, 11) is 3.26. The molecule has 41 heavy (non-hydrogen) atoms. The minimum atomic E-state index is 0.540. The van der Waals surface area contributed by atoms with Gasteiger partial charge in [0.1, 0.15) is 0 Å². The van der Waals surface area contributed by atoms with Gasteiger partial charge in [-0.3, -0.25) is 0 Å². The highest BCUT2D eigenvalue weighted by atomic mass is 31.0. The maximum atomic E-state index is 6.10. The molecule has 6 rings (SSSR count). The molecule has 0 aromatic heterocycles. The molecular weight excluding hydrogens is 515 g/mol. The van der Waals surface area contributed by atoms with E-state index < -0.39 is 0 Å². The van der Waals surface area contributed by atoms with Gasteiger partial charge < -0.3 is 11.5 Å². The molecule has 0 spiro atoms. The molecule has 212 valence electrons. The van der Waals surface area contributed by atoms with Crippen molar-refractivity contribution >= 4 is 14.5 Å². The van der Waals surface area contributed by atoms with E-state index in [9.17, 15) is 0 Å². The van der Waals surface area contributed by atoms with E-state index >= 15 is 0 Å². The SMILES string of the molecule is NCc1cccc(-c2cccc(-c3cccc(CN)c3)c2-c2ccc(C3CCCCC3)c(C3CCCCC3)c2P)c1. The summed E-state index contributed by atoms with van der Waals surface area (Å²) in [4.78, 5) is 0. The molecule has 2 aliphatic rings. The van der Waals surface area contributed by atoms with Gasteiger partial charge in [0.05, 0.1) is 0 Å². The lowest BCUT2D eigenvalue weighted by Crippen LogP contribution is -2.20. The first-order chi connectivity index (χ1) is 20.2. The second-order valence-electron chi connectivity index (χ2n) is 12.2. The smallest absolute Gasteiger partial charge is 0.0178 e. The van der Waals surface area contributed by atoms with Gasteiger partial charge in [0.2, 0.25) is 0 Å². The zero-order valence-electron chi connectivity index (χ0n) is 24.4. The third-order valence-corrected chi connectivity index (χ3v) is 10.3. The summed E-state index contributed by atoms with van der Waals surface area (Å²) in [5.41, 5.74) is 25.4. The van der Waals surface area contributed by atoms with Crippen LogP contribution in [-0.2, 0) is 13.1 Å². The molecule has 0 radical (unpaired) electrons. The first kappa shape index (κ1) is 28.4. The molecule has 4 N–H and O–H groups in total. The van der Waals surface area contributed by atoms with Gasteiger partial charge >= 0.3 is 0 Å². The van der Waals surface area contributed by atoms with Gasteiger partial charge in [0.25, 0.3) is 0 Å². The summed E-state index contributed by atoms with van der Waals surface area (Å²) in [6.07, 6.45) is 13.5. The van der Waals surface area contributed by atoms with Crippen molar-refractivity contribution in [1.82, 2.24) is 0 Å². The predicted molar refractivity (Wildman–Crippen MR) is 180 cm³/mol. The van der Waals surface area contributed by atoms with Gasteiger partial charge in [0.15, 0.2) is 0 Å². The molecule has 1 atom stereocenters. The van der Waals surface area contributed by atoms with Gasteiger partial charge in [0, 0.05) is 13.1 Å². The van der Waals surface area contributed by atoms with Crippen LogP contribution in [0.25, 0.3) is 33.4 Å². The Morgan fingerprint density at radius 3 is 1.61 bits per heavy atom. The maximum absolute atomic E-state index is 6.10. The summed E-state index contributed by atoms with van der Waals surface area (Å²) in [6, 6.07) is 29.3. The van der Waals surface area contributed by atoms with Crippen LogP contribution in [-0.4, -0.2) is 0 Å². The number of hydrogen-bond donors (Lipinski definition) is 2. The van der Waals surface area contributed by atoms with E-state index in [2.05, 4.69) is 88.1 Å². The van der Waals surface area contributed by atoms with Gasteiger partial charge in [-0.05, 0) is 111 Å². The van der Waals surface area contributed by atoms with Crippen molar-refractivity contribution < 1.29 is 0 Å². The topological polar surface area (TPSA) is 52.0 Å². The fraction of sp³-hybridized carbons (Fsp3) is 0.368. The Labute approximate surface area is 249 Å². The molecule has 2 saturated carbocycles. The Bertz CT molecular complexity index is 1430. The Morgan fingerprint density at radius 2 is 1.07 bits per heavy atom. The van der Waals surface area contributed by atoms with Gasteiger partial charge in [-0.25, -0.2) is 0 Å². The van der Waals surface area contributed by atoms with Gasteiger partial charge in [-0.1, -0.05) is 105 Å². The van der Waals surface area contributed by atoms with Crippen LogP contribution in [0.1, 0.15) is 98.3 Å². The van der Waals surface area contributed by atoms with Crippen molar-refractivity contribution in [3.05, 3.63) is 101 Å². The van der Waals surface area contributed by atoms with Crippen LogP contribution in [0.3, 0.4) is 0 Å². The zero-order chi connectivity index (χ0) is 28.2. The van der Waals surface area contributed by atoms with Gasteiger partial charge in [-0.2, -0.15) is 0 Å². The molecule has 3 heteroatoms. The van der Waals surface area contributed by atoms with E-state index in [-0.39, 0.29) is 0 Å². The fourth-order valence-electron chi connectivity index (χ4n) is 7.54. The highest BCUT2D eigenvalue weighted by Gasteiger charge is 2.28. The van der Waals surface area contributed by atoms with E-state index in [1.54, 1.807) is 11.1 Å². The Balaban J connectivity index is 1.60. The molecule has 0 amide bonds. The van der Waals surface area contributed by atoms with Crippen molar-refractivity contribution in [3.63, 3.8) is 0 Å². The summed E-state index contributed by atoms with van der Waals surface area (Å²) in [6.45, 7) is 1.08. The number of benzene rings is 4. The molecule has 0 saturated heterocycles. The van der Waals surface area contributed by atoms with Crippen molar-refractivity contribution in [2.45, 2.75) is 89.1 Å². The third-order valence-electron chi connectivity index (χ3n) is 9.66. The van der Waals surface area contributed by atoms with E-state index in [4.69, 9.17) is 11.5 Å². The highest BCUT2D eigenvalue weighted by molar-refractivity contribution is 7.28. The molecule has 0 aliphatic heterocycles. The minimum absolute atomic E-state index is 0.540. The second-order valence-corrected chi connectivity index (χ2v) is 12.8. The lowest BCUT2D eigenvalue weighted by Gasteiger charge is -2.32. The summed E-state index contributed by atoms with van der Waals surface area (Å²) < 4.78 is 0. The largest absolute Gasteiger partial charge is 0.326 e. The zero-order valence-corrected chi connectivity index (χ0v) is 25.5. The van der Waals surface area contributed by atoms with E-state index in [1.807, 2.05) is 0 Å². The molecular formula is C38H45N2P. The monoisotopic (exact) mass is 560 g/mol. The third kappa shape index (κ3) is 5.94. The maximum Gasteiger partial charge on any atom is 0.0178 e. The minimum Gasteiger partial charge on any atom is -0.326 e. The van der Waals surface area contributed by atoms with Crippen LogP contribution >= 0.6 is 9.24 Å². The molecule has 2 fully saturated rings. The first-order valence-electron chi connectivity index (χ1n) is 15.8. The fourth-order valence-corrected chi connectivity index (χ4v) is 8.19. The van der Waals surface area contributed by atoms with E-state index in [1.165, 1.54) is 103 Å². The molecule has 4 aromatic carbocycles.